The molecule has 5 nitrogen and oxygen atoms in total. The van der Waals surface area contributed by atoms with Crippen LogP contribution in [-0.4, -0.2) is 30.1 Å². The molecule has 0 saturated heterocycles. The van der Waals surface area contributed by atoms with E-state index in [0.29, 0.717) is 23.0 Å². The molecule has 0 radical (unpaired) electrons. The van der Waals surface area contributed by atoms with Crippen LogP contribution in [0.25, 0.3) is 0 Å². The summed E-state index contributed by atoms with van der Waals surface area (Å²) >= 11 is 1.20. The van der Waals surface area contributed by atoms with Gasteiger partial charge in [-0.3, -0.25) is 14.4 Å². The van der Waals surface area contributed by atoms with Crippen LogP contribution in [-0.2, 0) is 19.1 Å². The topological polar surface area (TPSA) is 63.7 Å². The van der Waals surface area contributed by atoms with E-state index >= 15 is 0 Å². The number of anilines is 1. The molecule has 2 amide bonds. The molecule has 21 heavy (non-hydrogen) atoms. The average molecular weight is 305 g/mol. The molecule has 0 fully saturated rings. The van der Waals surface area contributed by atoms with Gasteiger partial charge in [-0.25, -0.2) is 4.90 Å². The van der Waals surface area contributed by atoms with Gasteiger partial charge in [-0.05, 0) is 19.1 Å². The first-order valence-electron chi connectivity index (χ1n) is 6.57. The Labute approximate surface area is 127 Å². The van der Waals surface area contributed by atoms with Crippen molar-refractivity contribution in [1.82, 2.24) is 0 Å². The smallest absolute Gasteiger partial charge is 0.306 e. The van der Waals surface area contributed by atoms with E-state index in [0.717, 1.165) is 4.90 Å². The molecular formula is C15H15NO4S. The number of nitrogens with zero attached hydrogens (tertiary/aromatic N) is 1. The standard InChI is InChI=1S/C15H15NO4S/c1-2-20-14(18)8-9-21-12-10-13(17)16(15(12)19)11-6-4-3-5-7-11/h3-7,10H,2,8-9H2,1H3. The maximum atomic E-state index is 12.2. The van der Waals surface area contributed by atoms with E-state index in [4.69, 9.17) is 4.74 Å². The van der Waals surface area contributed by atoms with Gasteiger partial charge < -0.3 is 4.74 Å². The number of para-hydroxylation sites is 1. The number of carbonyl (C=O) groups excluding carboxylic acids is 3. The number of esters is 1. The fourth-order valence-corrected chi connectivity index (χ4v) is 2.74. The van der Waals surface area contributed by atoms with Crippen molar-refractivity contribution in [3.8, 4) is 0 Å². The molecule has 110 valence electrons. The van der Waals surface area contributed by atoms with Gasteiger partial charge in [0, 0.05) is 11.8 Å². The SMILES string of the molecule is CCOC(=O)CCSC1=CC(=O)N(c2ccccc2)C1=O. The van der Waals surface area contributed by atoms with Crippen LogP contribution in [0.5, 0.6) is 0 Å². The first-order chi connectivity index (χ1) is 10.1. The lowest BCUT2D eigenvalue weighted by Gasteiger charge is -2.14. The van der Waals surface area contributed by atoms with Gasteiger partial charge in [-0.1, -0.05) is 18.2 Å². The highest BCUT2D eigenvalue weighted by Crippen LogP contribution is 2.28. The first kappa shape index (κ1) is 15.3. The minimum atomic E-state index is -0.357. The van der Waals surface area contributed by atoms with E-state index in [1.54, 1.807) is 31.2 Å². The molecule has 1 aromatic rings. The van der Waals surface area contributed by atoms with Crippen LogP contribution in [0, 0.1) is 0 Å². The lowest BCUT2D eigenvalue weighted by atomic mass is 10.3. The highest BCUT2D eigenvalue weighted by atomic mass is 32.2. The molecule has 2 rings (SSSR count). The highest BCUT2D eigenvalue weighted by Gasteiger charge is 2.32. The number of carbonyl (C=O) groups is 3. The van der Waals surface area contributed by atoms with Crippen LogP contribution in [0.3, 0.4) is 0 Å². The molecule has 0 aliphatic carbocycles. The summed E-state index contributed by atoms with van der Waals surface area (Å²) in [6.45, 7) is 2.08. The maximum absolute atomic E-state index is 12.2. The molecular weight excluding hydrogens is 290 g/mol. The number of thioether (sulfide) groups is 1. The second-order valence-corrected chi connectivity index (χ2v) is 5.36. The molecule has 1 heterocycles. The third-order valence-electron chi connectivity index (χ3n) is 2.77. The molecule has 1 aliphatic heterocycles. The van der Waals surface area contributed by atoms with Crippen LogP contribution in [0.4, 0.5) is 5.69 Å². The Hall–Kier alpha value is -2.08. The number of imide groups is 1. The summed E-state index contributed by atoms with van der Waals surface area (Å²) in [5.74, 6) is -0.598. The number of ether oxygens (including phenoxy) is 1. The Morgan fingerprint density at radius 2 is 1.95 bits per heavy atom. The van der Waals surface area contributed by atoms with E-state index in [2.05, 4.69) is 0 Å². The lowest BCUT2D eigenvalue weighted by molar-refractivity contribution is -0.142. The predicted molar refractivity (Wildman–Crippen MR) is 80.7 cm³/mol. The largest absolute Gasteiger partial charge is 0.466 e. The molecule has 0 saturated carbocycles. The number of amides is 2. The summed E-state index contributed by atoms with van der Waals surface area (Å²) in [6, 6.07) is 8.76. The monoisotopic (exact) mass is 305 g/mol. The van der Waals surface area contributed by atoms with E-state index in [1.807, 2.05) is 6.07 Å². The minimum Gasteiger partial charge on any atom is -0.466 e. The quantitative estimate of drug-likeness (QED) is 0.595. The van der Waals surface area contributed by atoms with Gasteiger partial charge in [0.05, 0.1) is 23.6 Å². The fraction of sp³-hybridized carbons (Fsp3) is 0.267. The summed E-state index contributed by atoms with van der Waals surface area (Å²) in [5, 5.41) is 0. The summed E-state index contributed by atoms with van der Waals surface area (Å²) in [4.78, 5) is 36.9. The second-order valence-electron chi connectivity index (χ2n) is 4.23. The molecule has 0 atom stereocenters. The molecule has 0 spiro atoms. The van der Waals surface area contributed by atoms with E-state index in [-0.39, 0.29) is 24.2 Å². The molecule has 6 heteroatoms. The third kappa shape index (κ3) is 3.72. The van der Waals surface area contributed by atoms with Crippen molar-refractivity contribution in [2.24, 2.45) is 0 Å². The van der Waals surface area contributed by atoms with Crippen molar-refractivity contribution in [1.29, 1.82) is 0 Å². The van der Waals surface area contributed by atoms with Crippen LogP contribution in [0.1, 0.15) is 13.3 Å². The Morgan fingerprint density at radius 3 is 2.62 bits per heavy atom. The van der Waals surface area contributed by atoms with Crippen molar-refractivity contribution < 1.29 is 19.1 Å². The number of hydrogen-bond donors (Lipinski definition) is 0. The number of rotatable bonds is 6. The Morgan fingerprint density at radius 1 is 1.24 bits per heavy atom. The normalized spacial score (nSPS) is 14.3. The van der Waals surface area contributed by atoms with Gasteiger partial charge in [0.2, 0.25) is 0 Å². The number of benzene rings is 1. The van der Waals surface area contributed by atoms with Crippen molar-refractivity contribution in [2.75, 3.05) is 17.3 Å². The Kier molecular flexibility index (Phi) is 5.16. The fourth-order valence-electron chi connectivity index (χ4n) is 1.85. The molecule has 0 N–H and O–H groups in total. The van der Waals surface area contributed by atoms with Crippen molar-refractivity contribution in [2.45, 2.75) is 13.3 Å². The zero-order valence-corrected chi connectivity index (χ0v) is 12.4. The van der Waals surface area contributed by atoms with Crippen molar-refractivity contribution >= 4 is 35.2 Å². The zero-order valence-electron chi connectivity index (χ0n) is 11.6. The molecule has 0 bridgehead atoms. The van der Waals surface area contributed by atoms with Gasteiger partial charge in [-0.15, -0.1) is 11.8 Å². The van der Waals surface area contributed by atoms with E-state index < -0.39 is 0 Å². The summed E-state index contributed by atoms with van der Waals surface area (Å²) in [5.41, 5.74) is 0.546. The van der Waals surface area contributed by atoms with Crippen LogP contribution >= 0.6 is 11.8 Å². The summed E-state index contributed by atoms with van der Waals surface area (Å²) < 4.78 is 4.81. The zero-order chi connectivity index (χ0) is 15.2. The van der Waals surface area contributed by atoms with Gasteiger partial charge in [0.25, 0.3) is 11.8 Å². The Bertz CT molecular complexity index is 583. The second kappa shape index (κ2) is 7.08. The maximum Gasteiger partial charge on any atom is 0.306 e. The predicted octanol–water partition coefficient (Wildman–Crippen LogP) is 2.13. The van der Waals surface area contributed by atoms with Crippen LogP contribution in [0.15, 0.2) is 41.3 Å². The van der Waals surface area contributed by atoms with E-state index in [1.165, 1.54) is 17.8 Å². The van der Waals surface area contributed by atoms with Crippen molar-refractivity contribution in [3.63, 3.8) is 0 Å². The highest BCUT2D eigenvalue weighted by molar-refractivity contribution is 8.04. The molecule has 1 aromatic carbocycles. The van der Waals surface area contributed by atoms with Gasteiger partial charge in [-0.2, -0.15) is 0 Å². The lowest BCUT2D eigenvalue weighted by Crippen LogP contribution is -2.30. The average Bonchev–Trinajstić information content (AvgIpc) is 2.75. The molecule has 0 aromatic heterocycles. The van der Waals surface area contributed by atoms with Crippen molar-refractivity contribution in [3.05, 3.63) is 41.3 Å². The number of hydrogen-bond acceptors (Lipinski definition) is 5. The van der Waals surface area contributed by atoms with E-state index in [9.17, 15) is 14.4 Å². The molecule has 1 aliphatic rings. The van der Waals surface area contributed by atoms with Gasteiger partial charge in [0.15, 0.2) is 0 Å². The van der Waals surface area contributed by atoms with Gasteiger partial charge >= 0.3 is 5.97 Å². The van der Waals surface area contributed by atoms with Crippen LogP contribution < -0.4 is 4.90 Å². The summed E-state index contributed by atoms with van der Waals surface area (Å²) in [7, 11) is 0. The Balaban J connectivity index is 1.95. The molecule has 0 unspecified atom stereocenters. The van der Waals surface area contributed by atoms with Gasteiger partial charge in [0.1, 0.15) is 0 Å². The minimum absolute atomic E-state index is 0.211. The first-order valence-corrected chi connectivity index (χ1v) is 7.55. The summed E-state index contributed by atoms with van der Waals surface area (Å²) in [6.07, 6.45) is 1.52. The van der Waals surface area contributed by atoms with Crippen LogP contribution in [0.2, 0.25) is 0 Å². The third-order valence-corrected chi connectivity index (χ3v) is 3.78.